The van der Waals surface area contributed by atoms with Crippen molar-refractivity contribution in [2.45, 2.75) is 18.1 Å². The van der Waals surface area contributed by atoms with Crippen LogP contribution in [0, 0.1) is 5.92 Å². The lowest BCUT2D eigenvalue weighted by Gasteiger charge is -2.49. The molecule has 120 valence electrons. The Bertz CT molecular complexity index is 653. The smallest absolute Gasteiger partial charge is 0.254 e. The first-order chi connectivity index (χ1) is 10.5. The number of pyridine rings is 1. The van der Waals surface area contributed by atoms with E-state index in [0.29, 0.717) is 25.2 Å². The number of aromatic nitrogens is 1. The summed E-state index contributed by atoms with van der Waals surface area (Å²) in [5.41, 5.74) is 0.543. The van der Waals surface area contributed by atoms with Crippen molar-refractivity contribution >= 4 is 15.7 Å². The third-order valence-corrected chi connectivity index (χ3v) is 7.36. The highest BCUT2D eigenvalue weighted by Crippen LogP contribution is 2.45. The molecule has 1 atom stereocenters. The zero-order valence-electron chi connectivity index (χ0n) is 12.6. The molecule has 0 aliphatic carbocycles. The summed E-state index contributed by atoms with van der Waals surface area (Å²) in [6.07, 6.45) is 3.75. The lowest BCUT2D eigenvalue weighted by molar-refractivity contribution is 0.0271. The number of hydrogen-bond donors (Lipinski definition) is 0. The van der Waals surface area contributed by atoms with Crippen molar-refractivity contribution in [3.63, 3.8) is 0 Å². The number of carbonyl (C=O) groups is 1. The van der Waals surface area contributed by atoms with Crippen LogP contribution in [0.15, 0.2) is 24.5 Å². The van der Waals surface area contributed by atoms with E-state index in [1.807, 2.05) is 6.92 Å². The molecule has 1 amide bonds. The molecule has 3 rings (SSSR count). The van der Waals surface area contributed by atoms with Crippen molar-refractivity contribution < 1.29 is 17.9 Å². The second kappa shape index (κ2) is 5.62. The minimum atomic E-state index is -3.16. The first-order valence-corrected chi connectivity index (χ1v) is 9.15. The summed E-state index contributed by atoms with van der Waals surface area (Å²) in [6.45, 7) is 3.47. The van der Waals surface area contributed by atoms with Crippen LogP contribution in [-0.2, 0) is 14.6 Å². The fourth-order valence-corrected chi connectivity index (χ4v) is 5.79. The van der Waals surface area contributed by atoms with Crippen molar-refractivity contribution in [2.75, 3.05) is 32.1 Å². The molecule has 2 aliphatic heterocycles. The van der Waals surface area contributed by atoms with Gasteiger partial charge in [-0.05, 0) is 25.5 Å². The molecule has 2 fully saturated rings. The van der Waals surface area contributed by atoms with Gasteiger partial charge in [0.05, 0.1) is 12.4 Å². The van der Waals surface area contributed by atoms with Gasteiger partial charge in [-0.1, -0.05) is 0 Å². The van der Waals surface area contributed by atoms with Crippen molar-refractivity contribution in [2.24, 2.45) is 5.92 Å². The average Bonchev–Trinajstić information content (AvgIpc) is 2.74. The second-order valence-corrected chi connectivity index (χ2v) is 8.38. The van der Waals surface area contributed by atoms with E-state index < -0.39 is 14.6 Å². The fourth-order valence-electron chi connectivity index (χ4n) is 3.39. The van der Waals surface area contributed by atoms with Crippen molar-refractivity contribution in [1.82, 2.24) is 9.88 Å². The number of carbonyl (C=O) groups excluding carboxylic acids is 1. The monoisotopic (exact) mass is 324 g/mol. The van der Waals surface area contributed by atoms with E-state index >= 15 is 0 Å². The molecule has 0 saturated carbocycles. The standard InChI is InChI=1S/C15H20N2O4S/c1-2-21-9-13-5-8-22(19,20)15(13)10-17(11-15)14(18)12-3-6-16-7-4-12/h3-4,6-7,13H,2,5,8-11H2,1H3/t13-/m1/s1. The Morgan fingerprint density at radius 1 is 1.41 bits per heavy atom. The SMILES string of the molecule is CCOC[C@H]1CCS(=O)(=O)C12CN(C(=O)c1ccncc1)C2. The van der Waals surface area contributed by atoms with E-state index in [-0.39, 0.29) is 30.7 Å². The summed E-state index contributed by atoms with van der Waals surface area (Å²) in [6, 6.07) is 3.29. The summed E-state index contributed by atoms with van der Waals surface area (Å²) < 4.78 is 29.5. The van der Waals surface area contributed by atoms with E-state index in [1.165, 1.54) is 0 Å². The van der Waals surface area contributed by atoms with E-state index in [4.69, 9.17) is 4.74 Å². The molecule has 1 aromatic rings. The minimum absolute atomic E-state index is 0.0149. The Labute approximate surface area is 130 Å². The largest absolute Gasteiger partial charge is 0.381 e. The molecule has 0 N–H and O–H groups in total. The minimum Gasteiger partial charge on any atom is -0.381 e. The van der Waals surface area contributed by atoms with Crippen LogP contribution in [0.2, 0.25) is 0 Å². The van der Waals surface area contributed by atoms with Crippen LogP contribution in [0.1, 0.15) is 23.7 Å². The Morgan fingerprint density at radius 2 is 2.09 bits per heavy atom. The van der Waals surface area contributed by atoms with Gasteiger partial charge < -0.3 is 9.64 Å². The Hall–Kier alpha value is -1.47. The van der Waals surface area contributed by atoms with Crippen LogP contribution in [0.3, 0.4) is 0 Å². The molecule has 0 radical (unpaired) electrons. The molecule has 22 heavy (non-hydrogen) atoms. The maximum atomic E-state index is 12.4. The predicted molar refractivity (Wildman–Crippen MR) is 81.3 cm³/mol. The number of nitrogens with zero attached hydrogens (tertiary/aromatic N) is 2. The summed E-state index contributed by atoms with van der Waals surface area (Å²) in [7, 11) is -3.16. The zero-order valence-corrected chi connectivity index (χ0v) is 13.4. The first-order valence-electron chi connectivity index (χ1n) is 7.49. The predicted octanol–water partition coefficient (Wildman–Crippen LogP) is 0.747. The summed E-state index contributed by atoms with van der Waals surface area (Å²) >= 11 is 0. The first kappa shape index (κ1) is 15.4. The molecule has 7 heteroatoms. The quantitative estimate of drug-likeness (QED) is 0.817. The van der Waals surface area contributed by atoms with Gasteiger partial charge >= 0.3 is 0 Å². The Balaban J connectivity index is 1.75. The molecule has 0 aromatic carbocycles. The number of amides is 1. The maximum Gasteiger partial charge on any atom is 0.254 e. The molecule has 0 bridgehead atoms. The molecule has 1 aromatic heterocycles. The van der Waals surface area contributed by atoms with E-state index in [2.05, 4.69) is 4.98 Å². The number of sulfone groups is 1. The number of rotatable bonds is 4. The van der Waals surface area contributed by atoms with E-state index in [0.717, 1.165) is 0 Å². The lowest BCUT2D eigenvalue weighted by atomic mass is 9.83. The summed E-state index contributed by atoms with van der Waals surface area (Å²) in [5.74, 6) is 0.0476. The molecule has 2 aliphatic rings. The lowest BCUT2D eigenvalue weighted by Crippen LogP contribution is -2.68. The van der Waals surface area contributed by atoms with Gasteiger partial charge in [0, 0.05) is 43.6 Å². The van der Waals surface area contributed by atoms with Crippen LogP contribution >= 0.6 is 0 Å². The van der Waals surface area contributed by atoms with Crippen molar-refractivity contribution in [1.29, 1.82) is 0 Å². The molecular weight excluding hydrogens is 304 g/mol. The maximum absolute atomic E-state index is 12.4. The van der Waals surface area contributed by atoms with Crippen molar-refractivity contribution in [3.8, 4) is 0 Å². The Kier molecular flexibility index (Phi) is 3.94. The fraction of sp³-hybridized carbons (Fsp3) is 0.600. The third-order valence-electron chi connectivity index (χ3n) is 4.75. The van der Waals surface area contributed by atoms with Gasteiger partial charge in [-0.3, -0.25) is 9.78 Å². The highest BCUT2D eigenvalue weighted by Gasteiger charge is 2.62. The van der Waals surface area contributed by atoms with Gasteiger partial charge in [0.1, 0.15) is 4.75 Å². The van der Waals surface area contributed by atoms with Crippen LogP contribution in [0.25, 0.3) is 0 Å². The van der Waals surface area contributed by atoms with Gasteiger partial charge in [0.2, 0.25) is 0 Å². The highest BCUT2D eigenvalue weighted by molar-refractivity contribution is 7.93. The van der Waals surface area contributed by atoms with Crippen LogP contribution in [0.5, 0.6) is 0 Å². The van der Waals surface area contributed by atoms with Crippen LogP contribution in [0.4, 0.5) is 0 Å². The van der Waals surface area contributed by atoms with Crippen molar-refractivity contribution in [3.05, 3.63) is 30.1 Å². The second-order valence-electron chi connectivity index (χ2n) is 5.93. The van der Waals surface area contributed by atoms with Crippen LogP contribution in [-0.4, -0.2) is 61.0 Å². The molecule has 2 saturated heterocycles. The summed E-state index contributed by atoms with van der Waals surface area (Å²) in [5, 5.41) is 0. The van der Waals surface area contributed by atoms with Crippen LogP contribution < -0.4 is 0 Å². The number of hydrogen-bond acceptors (Lipinski definition) is 5. The van der Waals surface area contributed by atoms with E-state index in [1.54, 1.807) is 29.4 Å². The number of likely N-dealkylation sites (tertiary alicyclic amines) is 1. The van der Waals surface area contributed by atoms with Gasteiger partial charge in [0.15, 0.2) is 9.84 Å². The van der Waals surface area contributed by atoms with Gasteiger partial charge in [-0.15, -0.1) is 0 Å². The molecule has 3 heterocycles. The highest BCUT2D eigenvalue weighted by atomic mass is 32.2. The zero-order chi connectivity index (χ0) is 15.8. The van der Waals surface area contributed by atoms with Gasteiger partial charge in [-0.25, -0.2) is 8.42 Å². The Morgan fingerprint density at radius 3 is 2.73 bits per heavy atom. The molecule has 0 unspecified atom stereocenters. The molecule has 6 nitrogen and oxygen atoms in total. The van der Waals surface area contributed by atoms with E-state index in [9.17, 15) is 13.2 Å². The third kappa shape index (κ3) is 2.32. The van der Waals surface area contributed by atoms with Gasteiger partial charge in [-0.2, -0.15) is 0 Å². The normalized spacial score (nSPS) is 25.1. The molecule has 1 spiro atoms. The van der Waals surface area contributed by atoms with Gasteiger partial charge in [0.25, 0.3) is 5.91 Å². The summed E-state index contributed by atoms with van der Waals surface area (Å²) in [4.78, 5) is 17.9. The topological polar surface area (TPSA) is 76.6 Å². The average molecular weight is 324 g/mol. The molecular formula is C15H20N2O4S. The number of ether oxygens (including phenoxy) is 1.